The summed E-state index contributed by atoms with van der Waals surface area (Å²) < 4.78 is 0. The molecule has 0 amide bonds. The zero-order chi connectivity index (χ0) is 21.2. The first kappa shape index (κ1) is 22.5. The Labute approximate surface area is 176 Å². The smallest absolute Gasteiger partial charge is 0.130 e. The van der Waals surface area contributed by atoms with E-state index >= 15 is 0 Å². The van der Waals surface area contributed by atoms with E-state index in [1.807, 2.05) is 19.2 Å². The van der Waals surface area contributed by atoms with Crippen LogP contribution in [-0.2, 0) is 0 Å². The molecule has 0 aliphatic rings. The van der Waals surface area contributed by atoms with Crippen LogP contribution in [0.1, 0.15) is 57.7 Å². The van der Waals surface area contributed by atoms with Gasteiger partial charge < -0.3 is 15.5 Å². The normalized spacial score (nSPS) is 10.7. The molecule has 0 saturated heterocycles. The van der Waals surface area contributed by atoms with E-state index in [1.165, 1.54) is 25.7 Å². The Morgan fingerprint density at radius 3 is 2.45 bits per heavy atom. The Bertz CT molecular complexity index is 806. The second-order valence-corrected chi connectivity index (χ2v) is 7.37. The molecule has 2 N–H and O–H groups in total. The molecule has 156 valence electrons. The quantitative estimate of drug-likeness (QED) is 0.425. The summed E-state index contributed by atoms with van der Waals surface area (Å²) in [4.78, 5) is 6.81. The first-order valence-electron chi connectivity index (χ1n) is 10.7. The number of hydrogen-bond donors (Lipinski definition) is 2. The fourth-order valence-corrected chi connectivity index (χ4v) is 3.57. The third-order valence-corrected chi connectivity index (χ3v) is 5.06. The summed E-state index contributed by atoms with van der Waals surface area (Å²) in [6.07, 6.45) is 6.52. The molecule has 0 fully saturated rings. The van der Waals surface area contributed by atoms with Crippen molar-refractivity contribution in [1.29, 1.82) is 0 Å². The Morgan fingerprint density at radius 2 is 1.86 bits per heavy atom. The SMILES string of the molecule is C=CN(CC)c1ccc(Nc2cccc(C(=C)NC(CCC)CCC)c2)nc1C. The molecule has 4 heteroatoms. The van der Waals surface area contributed by atoms with Crippen molar-refractivity contribution >= 4 is 22.9 Å². The average Bonchev–Trinajstić information content (AvgIpc) is 2.71. The third-order valence-electron chi connectivity index (χ3n) is 5.06. The molecule has 0 aliphatic carbocycles. The lowest BCUT2D eigenvalue weighted by Gasteiger charge is -2.21. The molecule has 29 heavy (non-hydrogen) atoms. The first-order chi connectivity index (χ1) is 14.0. The number of nitrogens with one attached hydrogen (secondary N) is 2. The Balaban J connectivity index is 2.12. The van der Waals surface area contributed by atoms with Gasteiger partial charge in [-0.15, -0.1) is 0 Å². The molecular formula is C25H36N4. The molecule has 0 unspecified atom stereocenters. The molecule has 4 nitrogen and oxygen atoms in total. The Hall–Kier alpha value is -2.75. The Morgan fingerprint density at radius 1 is 1.14 bits per heavy atom. The summed E-state index contributed by atoms with van der Waals surface area (Å²) in [7, 11) is 0. The topological polar surface area (TPSA) is 40.2 Å². The molecule has 2 aromatic rings. The van der Waals surface area contributed by atoms with Gasteiger partial charge in [0, 0.05) is 24.0 Å². The largest absolute Gasteiger partial charge is 0.382 e. The fraction of sp³-hybridized carbons (Fsp3) is 0.400. The van der Waals surface area contributed by atoms with Crippen LogP contribution in [0.2, 0.25) is 0 Å². The maximum absolute atomic E-state index is 4.72. The standard InChI is InChI=1S/C25H36N4/c1-7-12-22(13-8-2)26-19(5)21-14-11-15-23(18-21)28-25-17-16-24(20(6)27-25)29(9-3)10-4/h9,11,14-18,22,26H,3,5,7-8,10,12-13H2,1-2,4,6H3,(H,27,28). The summed E-state index contributed by atoms with van der Waals surface area (Å²) in [5, 5.41) is 7.04. The van der Waals surface area contributed by atoms with Crippen LogP contribution in [-0.4, -0.2) is 17.6 Å². The van der Waals surface area contributed by atoms with Crippen LogP contribution in [0, 0.1) is 6.92 Å². The molecule has 0 spiro atoms. The van der Waals surface area contributed by atoms with E-state index < -0.39 is 0 Å². The van der Waals surface area contributed by atoms with E-state index in [0.29, 0.717) is 6.04 Å². The maximum atomic E-state index is 4.72. The summed E-state index contributed by atoms with van der Waals surface area (Å²) in [5.41, 5.74) is 5.14. The van der Waals surface area contributed by atoms with Crippen molar-refractivity contribution in [2.24, 2.45) is 0 Å². The van der Waals surface area contributed by atoms with Crippen molar-refractivity contribution in [3.63, 3.8) is 0 Å². The van der Waals surface area contributed by atoms with Gasteiger partial charge in [0.25, 0.3) is 0 Å². The van der Waals surface area contributed by atoms with E-state index in [2.05, 4.69) is 79.8 Å². The number of nitrogens with zero attached hydrogens (tertiary/aromatic N) is 2. The van der Waals surface area contributed by atoms with Crippen LogP contribution in [0.25, 0.3) is 5.70 Å². The molecule has 0 saturated carbocycles. The lowest BCUT2D eigenvalue weighted by Crippen LogP contribution is -2.27. The van der Waals surface area contributed by atoms with Gasteiger partial charge in [0.1, 0.15) is 5.82 Å². The van der Waals surface area contributed by atoms with E-state index in [0.717, 1.165) is 40.7 Å². The van der Waals surface area contributed by atoms with Gasteiger partial charge >= 0.3 is 0 Å². The lowest BCUT2D eigenvalue weighted by atomic mass is 10.0. The number of hydrogen-bond acceptors (Lipinski definition) is 4. The molecule has 1 aromatic heterocycles. The zero-order valence-electron chi connectivity index (χ0n) is 18.5. The van der Waals surface area contributed by atoms with Crippen LogP contribution < -0.4 is 15.5 Å². The van der Waals surface area contributed by atoms with E-state index in [4.69, 9.17) is 4.98 Å². The number of pyridine rings is 1. The average molecular weight is 393 g/mol. The van der Waals surface area contributed by atoms with Gasteiger partial charge in [-0.05, 0) is 62.7 Å². The summed E-state index contributed by atoms with van der Waals surface area (Å²) in [6.45, 7) is 17.6. The van der Waals surface area contributed by atoms with Crippen molar-refractivity contribution in [2.45, 2.75) is 59.4 Å². The highest BCUT2D eigenvalue weighted by molar-refractivity contribution is 5.68. The number of aromatic nitrogens is 1. The predicted molar refractivity (Wildman–Crippen MR) is 128 cm³/mol. The fourth-order valence-electron chi connectivity index (χ4n) is 3.57. The highest BCUT2D eigenvalue weighted by atomic mass is 15.1. The third kappa shape index (κ3) is 6.38. The van der Waals surface area contributed by atoms with E-state index in [9.17, 15) is 0 Å². The molecule has 0 aliphatic heterocycles. The van der Waals surface area contributed by atoms with Crippen molar-refractivity contribution in [1.82, 2.24) is 10.3 Å². The number of aryl methyl sites for hydroxylation is 1. The molecule has 1 heterocycles. The van der Waals surface area contributed by atoms with Crippen LogP contribution in [0.3, 0.4) is 0 Å². The van der Waals surface area contributed by atoms with Crippen molar-refractivity contribution in [3.8, 4) is 0 Å². The van der Waals surface area contributed by atoms with Crippen LogP contribution in [0.5, 0.6) is 0 Å². The number of benzene rings is 1. The number of rotatable bonds is 12. The van der Waals surface area contributed by atoms with Crippen LogP contribution in [0.4, 0.5) is 17.2 Å². The van der Waals surface area contributed by atoms with Crippen molar-refractivity contribution in [3.05, 3.63) is 67.0 Å². The lowest BCUT2D eigenvalue weighted by molar-refractivity contribution is 0.502. The maximum Gasteiger partial charge on any atom is 0.130 e. The highest BCUT2D eigenvalue weighted by Gasteiger charge is 2.10. The molecular weight excluding hydrogens is 356 g/mol. The van der Waals surface area contributed by atoms with Gasteiger partial charge in [0.2, 0.25) is 0 Å². The van der Waals surface area contributed by atoms with Crippen molar-refractivity contribution in [2.75, 3.05) is 16.8 Å². The number of anilines is 3. The second kappa shape index (κ2) is 11.3. The van der Waals surface area contributed by atoms with Gasteiger partial charge in [-0.3, -0.25) is 0 Å². The molecule has 1 aromatic carbocycles. The molecule has 0 atom stereocenters. The zero-order valence-corrected chi connectivity index (χ0v) is 18.5. The predicted octanol–water partition coefficient (Wildman–Crippen LogP) is 6.63. The van der Waals surface area contributed by atoms with Gasteiger partial charge in [-0.2, -0.15) is 0 Å². The minimum Gasteiger partial charge on any atom is -0.382 e. The summed E-state index contributed by atoms with van der Waals surface area (Å²) in [6, 6.07) is 12.9. The highest BCUT2D eigenvalue weighted by Crippen LogP contribution is 2.24. The minimum atomic E-state index is 0.484. The summed E-state index contributed by atoms with van der Waals surface area (Å²) >= 11 is 0. The second-order valence-electron chi connectivity index (χ2n) is 7.37. The van der Waals surface area contributed by atoms with Gasteiger partial charge in [0.15, 0.2) is 0 Å². The Kier molecular flexibility index (Phi) is 8.78. The summed E-state index contributed by atoms with van der Waals surface area (Å²) in [5.74, 6) is 0.830. The van der Waals surface area contributed by atoms with Crippen LogP contribution >= 0.6 is 0 Å². The van der Waals surface area contributed by atoms with Gasteiger partial charge in [0.05, 0.1) is 11.4 Å². The van der Waals surface area contributed by atoms with Gasteiger partial charge in [-0.1, -0.05) is 52.0 Å². The van der Waals surface area contributed by atoms with Gasteiger partial charge in [-0.25, -0.2) is 4.98 Å². The monoisotopic (exact) mass is 392 g/mol. The van der Waals surface area contributed by atoms with Crippen LogP contribution in [0.15, 0.2) is 55.8 Å². The molecule has 2 rings (SSSR count). The minimum absolute atomic E-state index is 0.484. The van der Waals surface area contributed by atoms with E-state index in [1.54, 1.807) is 0 Å². The van der Waals surface area contributed by atoms with Crippen molar-refractivity contribution < 1.29 is 0 Å². The molecule has 0 radical (unpaired) electrons. The first-order valence-corrected chi connectivity index (χ1v) is 10.7. The van der Waals surface area contributed by atoms with E-state index in [-0.39, 0.29) is 0 Å². The molecule has 0 bridgehead atoms.